The van der Waals surface area contributed by atoms with E-state index in [1.54, 1.807) is 24.1 Å². The van der Waals surface area contributed by atoms with E-state index in [2.05, 4.69) is 29.4 Å². The molecule has 9 nitrogen and oxygen atoms in total. The fraction of sp³-hybridized carbons (Fsp3) is 0.333. The van der Waals surface area contributed by atoms with E-state index in [9.17, 15) is 9.59 Å². The Kier molecular flexibility index (Phi) is 6.58. The van der Waals surface area contributed by atoms with Crippen LogP contribution in [0.2, 0.25) is 0 Å². The first-order chi connectivity index (χ1) is 15.9. The molecular formula is C24H26N4O5. The molecule has 33 heavy (non-hydrogen) atoms. The second-order valence-corrected chi connectivity index (χ2v) is 8.11. The van der Waals surface area contributed by atoms with Gasteiger partial charge in [0.25, 0.3) is 5.91 Å². The lowest BCUT2D eigenvalue weighted by Crippen LogP contribution is -2.24. The van der Waals surface area contributed by atoms with Crippen molar-refractivity contribution in [2.45, 2.75) is 32.1 Å². The van der Waals surface area contributed by atoms with Crippen LogP contribution in [0.25, 0.3) is 0 Å². The van der Waals surface area contributed by atoms with Gasteiger partial charge in [-0.1, -0.05) is 31.1 Å². The van der Waals surface area contributed by atoms with Gasteiger partial charge in [-0.05, 0) is 47.9 Å². The molecule has 2 amide bonds. The van der Waals surface area contributed by atoms with Gasteiger partial charge in [-0.3, -0.25) is 14.9 Å². The zero-order valence-electron chi connectivity index (χ0n) is 18.8. The van der Waals surface area contributed by atoms with Crippen LogP contribution >= 0.6 is 0 Å². The van der Waals surface area contributed by atoms with Gasteiger partial charge in [0, 0.05) is 18.7 Å². The molecule has 4 rings (SSSR count). The second-order valence-electron chi connectivity index (χ2n) is 8.11. The summed E-state index contributed by atoms with van der Waals surface area (Å²) >= 11 is 0. The van der Waals surface area contributed by atoms with Crippen molar-refractivity contribution >= 4 is 23.5 Å². The first-order valence-corrected chi connectivity index (χ1v) is 10.7. The molecule has 0 spiro atoms. The van der Waals surface area contributed by atoms with Crippen molar-refractivity contribution in [3.63, 3.8) is 0 Å². The number of aromatic nitrogens is 2. The molecule has 1 atom stereocenters. The molecule has 1 aliphatic rings. The van der Waals surface area contributed by atoms with Gasteiger partial charge in [-0.2, -0.15) is 0 Å². The molecular weight excluding hydrogens is 424 g/mol. The van der Waals surface area contributed by atoms with Gasteiger partial charge in [-0.15, -0.1) is 5.10 Å². The highest BCUT2D eigenvalue weighted by molar-refractivity contribution is 5.96. The summed E-state index contributed by atoms with van der Waals surface area (Å²) in [6.07, 6.45) is 0.247. The topological polar surface area (TPSA) is 107 Å². The molecule has 0 radical (unpaired) electrons. The number of carbonyl (C=O) groups excluding carboxylic acids is 2. The molecule has 0 saturated carbocycles. The summed E-state index contributed by atoms with van der Waals surface area (Å²) in [5, 5.41) is 10.4. The van der Waals surface area contributed by atoms with E-state index in [1.165, 1.54) is 5.56 Å². The van der Waals surface area contributed by atoms with Gasteiger partial charge in [0.15, 0.2) is 6.61 Å². The van der Waals surface area contributed by atoms with Gasteiger partial charge in [0.05, 0.1) is 13.0 Å². The van der Waals surface area contributed by atoms with Gasteiger partial charge in [-0.25, -0.2) is 0 Å². The van der Waals surface area contributed by atoms with E-state index in [0.29, 0.717) is 24.1 Å². The van der Waals surface area contributed by atoms with E-state index in [0.717, 1.165) is 11.4 Å². The Morgan fingerprint density at radius 3 is 2.48 bits per heavy atom. The Morgan fingerprint density at radius 2 is 1.82 bits per heavy atom. The van der Waals surface area contributed by atoms with E-state index in [4.69, 9.17) is 13.9 Å². The number of benzene rings is 2. The Hall–Kier alpha value is -3.88. The van der Waals surface area contributed by atoms with E-state index >= 15 is 0 Å². The minimum Gasteiger partial charge on any atom is -0.497 e. The van der Waals surface area contributed by atoms with Gasteiger partial charge in [0.2, 0.25) is 11.8 Å². The van der Waals surface area contributed by atoms with Crippen LogP contribution in [0.5, 0.6) is 11.5 Å². The molecule has 1 fully saturated rings. The van der Waals surface area contributed by atoms with Crippen molar-refractivity contribution in [1.29, 1.82) is 0 Å². The smallest absolute Gasteiger partial charge is 0.322 e. The summed E-state index contributed by atoms with van der Waals surface area (Å²) in [6.45, 7) is 4.45. The Labute approximate surface area is 191 Å². The van der Waals surface area contributed by atoms with Crippen molar-refractivity contribution in [3.05, 3.63) is 60.0 Å². The molecule has 2 aromatic carbocycles. The normalized spacial score (nSPS) is 15.7. The number of rotatable bonds is 8. The van der Waals surface area contributed by atoms with Crippen LogP contribution in [0.1, 0.15) is 43.6 Å². The van der Waals surface area contributed by atoms with Crippen molar-refractivity contribution in [3.8, 4) is 11.5 Å². The van der Waals surface area contributed by atoms with Crippen LogP contribution in [-0.4, -0.2) is 42.3 Å². The molecule has 9 heteroatoms. The van der Waals surface area contributed by atoms with Gasteiger partial charge >= 0.3 is 6.01 Å². The second kappa shape index (κ2) is 9.72. The first kappa shape index (κ1) is 22.3. The predicted octanol–water partition coefficient (Wildman–Crippen LogP) is 3.74. The summed E-state index contributed by atoms with van der Waals surface area (Å²) in [4.78, 5) is 26.4. The van der Waals surface area contributed by atoms with Crippen LogP contribution in [0.4, 0.5) is 11.7 Å². The number of nitrogens with one attached hydrogen (secondary N) is 1. The summed E-state index contributed by atoms with van der Waals surface area (Å²) in [5.41, 5.74) is 1.97. The van der Waals surface area contributed by atoms with Crippen molar-refractivity contribution < 1.29 is 23.5 Å². The minimum atomic E-state index is -0.416. The maximum absolute atomic E-state index is 12.5. The number of hydrogen-bond acceptors (Lipinski definition) is 7. The first-order valence-electron chi connectivity index (χ1n) is 10.7. The molecule has 1 N–H and O–H groups in total. The Balaban J connectivity index is 1.31. The SMILES string of the molecule is COc1ccc(N2C[C@H](c3nnc(NC(=O)COc4ccc(C(C)C)cc4)o3)CC2=O)cc1. The molecule has 1 aliphatic heterocycles. The number of hydrogen-bond donors (Lipinski definition) is 1. The Morgan fingerprint density at radius 1 is 1.12 bits per heavy atom. The van der Waals surface area contributed by atoms with E-state index in [1.807, 2.05) is 36.4 Å². The lowest BCUT2D eigenvalue weighted by atomic mass is 10.0. The quantitative estimate of drug-likeness (QED) is 0.557. The fourth-order valence-electron chi connectivity index (χ4n) is 3.59. The number of amides is 2. The van der Waals surface area contributed by atoms with Crippen LogP contribution < -0.4 is 19.7 Å². The van der Waals surface area contributed by atoms with E-state index < -0.39 is 5.91 Å². The highest BCUT2D eigenvalue weighted by Crippen LogP contribution is 2.32. The van der Waals surface area contributed by atoms with Crippen LogP contribution in [0.15, 0.2) is 52.9 Å². The molecule has 1 aromatic heterocycles. The average Bonchev–Trinajstić information content (AvgIpc) is 3.44. The minimum absolute atomic E-state index is 0.0240. The van der Waals surface area contributed by atoms with Gasteiger partial charge in [0.1, 0.15) is 11.5 Å². The summed E-state index contributed by atoms with van der Waals surface area (Å²) in [5.74, 6) is 1.34. The molecule has 3 aromatic rings. The highest BCUT2D eigenvalue weighted by atomic mass is 16.5. The van der Waals surface area contributed by atoms with Crippen molar-refractivity contribution in [2.24, 2.45) is 0 Å². The number of carbonyl (C=O) groups is 2. The van der Waals surface area contributed by atoms with Crippen LogP contribution in [0, 0.1) is 0 Å². The predicted molar refractivity (Wildman–Crippen MR) is 122 cm³/mol. The fourth-order valence-corrected chi connectivity index (χ4v) is 3.59. The number of ether oxygens (including phenoxy) is 2. The lowest BCUT2D eigenvalue weighted by molar-refractivity contribution is -0.118. The van der Waals surface area contributed by atoms with E-state index in [-0.39, 0.29) is 30.9 Å². The van der Waals surface area contributed by atoms with Crippen LogP contribution in [0.3, 0.4) is 0 Å². The average molecular weight is 450 g/mol. The molecule has 172 valence electrons. The third-order valence-corrected chi connectivity index (χ3v) is 5.46. The molecule has 0 aliphatic carbocycles. The summed E-state index contributed by atoms with van der Waals surface area (Å²) in [6, 6.07) is 14.8. The van der Waals surface area contributed by atoms with Crippen molar-refractivity contribution in [1.82, 2.24) is 10.2 Å². The zero-order valence-corrected chi connectivity index (χ0v) is 18.8. The zero-order chi connectivity index (χ0) is 23.4. The number of nitrogens with zero attached hydrogens (tertiary/aromatic N) is 3. The lowest BCUT2D eigenvalue weighted by Gasteiger charge is -2.16. The summed E-state index contributed by atoms with van der Waals surface area (Å²) < 4.78 is 16.3. The van der Waals surface area contributed by atoms with Crippen LogP contribution in [-0.2, 0) is 9.59 Å². The monoisotopic (exact) mass is 450 g/mol. The number of anilines is 2. The third-order valence-electron chi connectivity index (χ3n) is 5.46. The maximum atomic E-state index is 12.5. The van der Waals surface area contributed by atoms with Crippen molar-refractivity contribution in [2.75, 3.05) is 30.5 Å². The molecule has 2 heterocycles. The third kappa shape index (κ3) is 5.31. The summed E-state index contributed by atoms with van der Waals surface area (Å²) in [7, 11) is 1.59. The highest BCUT2D eigenvalue weighted by Gasteiger charge is 2.35. The molecule has 0 bridgehead atoms. The molecule has 1 saturated heterocycles. The number of methoxy groups -OCH3 is 1. The van der Waals surface area contributed by atoms with Gasteiger partial charge < -0.3 is 18.8 Å². The Bertz CT molecular complexity index is 1110. The largest absolute Gasteiger partial charge is 0.497 e. The molecule has 0 unspecified atom stereocenters. The standard InChI is InChI=1S/C24H26N4O5/c1-15(2)16-4-8-20(9-5-16)32-14-21(29)25-24-27-26-23(33-24)17-12-22(30)28(13-17)18-6-10-19(31-3)11-7-18/h4-11,15,17H,12-14H2,1-3H3,(H,25,27,29)/t17-/m1/s1. The maximum Gasteiger partial charge on any atom is 0.322 e.